The third-order valence-corrected chi connectivity index (χ3v) is 2.93. The predicted molar refractivity (Wildman–Crippen MR) is 74.4 cm³/mol. The number of hydrogen-bond donors (Lipinski definition) is 1. The molecule has 0 aliphatic heterocycles. The number of hydrogen-bond acceptors (Lipinski definition) is 3. The van der Waals surface area contributed by atoms with Crippen LogP contribution in [0, 0.1) is 12.7 Å². The van der Waals surface area contributed by atoms with Crippen LogP contribution in [0.1, 0.15) is 26.3 Å². The summed E-state index contributed by atoms with van der Waals surface area (Å²) in [7, 11) is 0. The minimum Gasteiger partial charge on any atom is -0.485 e. The van der Waals surface area contributed by atoms with Gasteiger partial charge < -0.3 is 9.84 Å². The molecule has 0 fully saturated rings. The van der Waals surface area contributed by atoms with E-state index >= 15 is 0 Å². The molecule has 0 heterocycles. The van der Waals surface area contributed by atoms with Crippen molar-refractivity contribution in [1.82, 2.24) is 0 Å². The molecule has 4 nitrogen and oxygen atoms in total. The molecule has 0 atom stereocenters. The highest BCUT2D eigenvalue weighted by Gasteiger charge is 2.10. The van der Waals surface area contributed by atoms with Gasteiger partial charge in [-0.2, -0.15) is 0 Å². The van der Waals surface area contributed by atoms with Crippen LogP contribution >= 0.6 is 0 Å². The largest absolute Gasteiger partial charge is 0.485 e. The second-order valence-electron chi connectivity index (χ2n) is 4.51. The van der Waals surface area contributed by atoms with Crippen LogP contribution in [-0.4, -0.2) is 23.5 Å². The van der Waals surface area contributed by atoms with Crippen molar-refractivity contribution in [3.05, 3.63) is 65.0 Å². The van der Waals surface area contributed by atoms with Gasteiger partial charge in [-0.3, -0.25) is 4.79 Å². The van der Waals surface area contributed by atoms with Gasteiger partial charge in [0.15, 0.2) is 12.4 Å². The first-order valence-electron chi connectivity index (χ1n) is 6.23. The molecule has 2 aromatic carbocycles. The van der Waals surface area contributed by atoms with Crippen molar-refractivity contribution < 1.29 is 23.8 Å². The van der Waals surface area contributed by atoms with Crippen LogP contribution in [0.5, 0.6) is 5.75 Å². The van der Waals surface area contributed by atoms with Crippen LogP contribution < -0.4 is 4.74 Å². The lowest BCUT2D eigenvalue weighted by Gasteiger charge is -2.07. The Kier molecular flexibility index (Phi) is 4.33. The van der Waals surface area contributed by atoms with Gasteiger partial charge in [0.25, 0.3) is 0 Å². The molecule has 0 aliphatic carbocycles. The van der Waals surface area contributed by atoms with Crippen LogP contribution in [0.2, 0.25) is 0 Å². The second kappa shape index (κ2) is 6.17. The lowest BCUT2D eigenvalue weighted by molar-refractivity contribution is 0.0696. The summed E-state index contributed by atoms with van der Waals surface area (Å²) in [5.41, 5.74) is 0.814. The van der Waals surface area contributed by atoms with E-state index in [2.05, 4.69) is 0 Å². The van der Waals surface area contributed by atoms with Crippen molar-refractivity contribution in [2.24, 2.45) is 0 Å². The van der Waals surface area contributed by atoms with E-state index in [9.17, 15) is 14.0 Å². The first kappa shape index (κ1) is 14.7. The maximum Gasteiger partial charge on any atom is 0.335 e. The molecule has 0 amide bonds. The zero-order valence-electron chi connectivity index (χ0n) is 11.3. The van der Waals surface area contributed by atoms with E-state index in [-0.39, 0.29) is 23.8 Å². The highest BCUT2D eigenvalue weighted by molar-refractivity contribution is 5.97. The summed E-state index contributed by atoms with van der Waals surface area (Å²) in [6, 6.07) is 9.94. The highest BCUT2D eigenvalue weighted by atomic mass is 19.1. The number of halogens is 1. The Morgan fingerprint density at radius 3 is 2.57 bits per heavy atom. The Morgan fingerprint density at radius 2 is 1.90 bits per heavy atom. The van der Waals surface area contributed by atoms with Crippen LogP contribution in [0.15, 0.2) is 42.5 Å². The SMILES string of the molecule is Cc1cc(C(=O)COc2cccc(C(=O)O)c2)ccc1F. The first-order chi connectivity index (χ1) is 9.97. The van der Waals surface area contributed by atoms with Crippen molar-refractivity contribution in [2.75, 3.05) is 6.61 Å². The molecule has 2 aromatic rings. The molecule has 0 radical (unpaired) electrons. The van der Waals surface area contributed by atoms with E-state index in [1.54, 1.807) is 13.0 Å². The van der Waals surface area contributed by atoms with Crippen molar-refractivity contribution in [2.45, 2.75) is 6.92 Å². The van der Waals surface area contributed by atoms with Crippen molar-refractivity contribution in [3.63, 3.8) is 0 Å². The van der Waals surface area contributed by atoms with Crippen molar-refractivity contribution in [3.8, 4) is 5.75 Å². The number of rotatable bonds is 5. The molecule has 2 rings (SSSR count). The van der Waals surface area contributed by atoms with Gasteiger partial charge >= 0.3 is 5.97 Å². The number of carboxylic acid groups (broad SMARTS) is 1. The number of aromatic carboxylic acids is 1. The molecular formula is C16H13FO4. The summed E-state index contributed by atoms with van der Waals surface area (Å²) in [5.74, 6) is -1.46. The third-order valence-electron chi connectivity index (χ3n) is 2.93. The number of ether oxygens (including phenoxy) is 1. The first-order valence-corrected chi connectivity index (χ1v) is 6.23. The standard InChI is InChI=1S/C16H13FO4/c1-10-7-11(5-6-14(10)17)15(18)9-21-13-4-2-3-12(8-13)16(19)20/h2-8H,9H2,1H3,(H,19,20). The third kappa shape index (κ3) is 3.66. The number of carbonyl (C=O) groups excluding carboxylic acids is 1. The lowest BCUT2D eigenvalue weighted by atomic mass is 10.1. The molecule has 0 bridgehead atoms. The lowest BCUT2D eigenvalue weighted by Crippen LogP contribution is -2.12. The van der Waals surface area contributed by atoms with Gasteiger partial charge in [-0.25, -0.2) is 9.18 Å². The Morgan fingerprint density at radius 1 is 1.14 bits per heavy atom. The highest BCUT2D eigenvalue weighted by Crippen LogP contribution is 2.15. The number of carboxylic acids is 1. The molecule has 0 saturated heterocycles. The molecule has 0 saturated carbocycles. The summed E-state index contributed by atoms with van der Waals surface area (Å²) in [6.45, 7) is 1.33. The second-order valence-corrected chi connectivity index (χ2v) is 4.51. The van der Waals surface area contributed by atoms with Crippen LogP contribution in [0.25, 0.3) is 0 Å². The van der Waals surface area contributed by atoms with Gasteiger partial charge in [0, 0.05) is 5.56 Å². The topological polar surface area (TPSA) is 63.6 Å². The monoisotopic (exact) mass is 288 g/mol. The van der Waals surface area contributed by atoms with Crippen LogP contribution in [0.4, 0.5) is 4.39 Å². The molecule has 21 heavy (non-hydrogen) atoms. The fourth-order valence-corrected chi connectivity index (χ4v) is 1.77. The summed E-state index contributed by atoms with van der Waals surface area (Å²) in [4.78, 5) is 22.8. The molecule has 108 valence electrons. The number of ketones is 1. The van der Waals surface area contributed by atoms with Gasteiger partial charge in [-0.05, 0) is 48.9 Å². The number of Topliss-reactive ketones (excluding diaryl/α,β-unsaturated/α-hetero) is 1. The fourth-order valence-electron chi connectivity index (χ4n) is 1.77. The quantitative estimate of drug-likeness (QED) is 0.859. The maximum absolute atomic E-state index is 13.1. The Labute approximate surface area is 120 Å². The normalized spacial score (nSPS) is 10.2. The average molecular weight is 288 g/mol. The minimum atomic E-state index is -1.07. The van der Waals surface area contributed by atoms with Crippen LogP contribution in [0.3, 0.4) is 0 Å². The summed E-state index contributed by atoms with van der Waals surface area (Å²) >= 11 is 0. The molecule has 5 heteroatoms. The smallest absolute Gasteiger partial charge is 0.335 e. The van der Waals surface area contributed by atoms with Gasteiger partial charge in [0.1, 0.15) is 11.6 Å². The molecule has 0 aliphatic rings. The molecule has 1 N–H and O–H groups in total. The minimum absolute atomic E-state index is 0.0811. The molecule has 0 unspecified atom stereocenters. The van der Waals surface area contributed by atoms with E-state index in [1.807, 2.05) is 0 Å². The Hall–Kier alpha value is -2.69. The van der Waals surface area contributed by atoms with Gasteiger partial charge in [-0.15, -0.1) is 0 Å². The zero-order chi connectivity index (χ0) is 15.4. The number of carbonyl (C=O) groups is 2. The summed E-state index contributed by atoms with van der Waals surface area (Å²) in [6.07, 6.45) is 0. The van der Waals surface area contributed by atoms with Crippen LogP contribution in [-0.2, 0) is 0 Å². The molecule has 0 spiro atoms. The van der Waals surface area contributed by atoms with E-state index < -0.39 is 5.97 Å². The number of aryl methyl sites for hydroxylation is 1. The average Bonchev–Trinajstić information content (AvgIpc) is 2.48. The molecular weight excluding hydrogens is 275 g/mol. The molecule has 0 aromatic heterocycles. The van der Waals surface area contributed by atoms with Crippen molar-refractivity contribution >= 4 is 11.8 Å². The maximum atomic E-state index is 13.1. The van der Waals surface area contributed by atoms with E-state index in [4.69, 9.17) is 9.84 Å². The zero-order valence-corrected chi connectivity index (χ0v) is 11.3. The van der Waals surface area contributed by atoms with E-state index in [0.717, 1.165) is 0 Å². The Bertz CT molecular complexity index is 694. The van der Waals surface area contributed by atoms with Gasteiger partial charge in [0.2, 0.25) is 0 Å². The van der Waals surface area contributed by atoms with Crippen molar-refractivity contribution in [1.29, 1.82) is 0 Å². The Balaban J connectivity index is 2.05. The predicted octanol–water partition coefficient (Wildman–Crippen LogP) is 3.09. The summed E-state index contributed by atoms with van der Waals surface area (Å²) < 4.78 is 18.4. The fraction of sp³-hybridized carbons (Fsp3) is 0.125. The van der Waals surface area contributed by atoms with E-state index in [1.165, 1.54) is 36.4 Å². The number of benzene rings is 2. The summed E-state index contributed by atoms with van der Waals surface area (Å²) in [5, 5.41) is 8.86. The van der Waals surface area contributed by atoms with Gasteiger partial charge in [-0.1, -0.05) is 6.07 Å². The van der Waals surface area contributed by atoms with Gasteiger partial charge in [0.05, 0.1) is 5.56 Å². The van der Waals surface area contributed by atoms with E-state index in [0.29, 0.717) is 16.9 Å².